The van der Waals surface area contributed by atoms with Crippen LogP contribution in [-0.2, 0) is 0 Å². The van der Waals surface area contributed by atoms with Gasteiger partial charge in [-0.1, -0.05) is 78.9 Å². The van der Waals surface area contributed by atoms with Crippen molar-refractivity contribution in [3.05, 3.63) is 110 Å². The van der Waals surface area contributed by atoms with Crippen LogP contribution < -0.4 is 0 Å². The van der Waals surface area contributed by atoms with Crippen LogP contribution in [0.1, 0.15) is 0 Å². The van der Waals surface area contributed by atoms with Gasteiger partial charge in [-0.3, -0.25) is 0 Å². The van der Waals surface area contributed by atoms with Crippen molar-refractivity contribution in [2.24, 2.45) is 0 Å². The van der Waals surface area contributed by atoms with Crippen molar-refractivity contribution in [1.29, 1.82) is 0 Å². The first-order valence-corrected chi connectivity index (χ1v) is 10.4. The van der Waals surface area contributed by atoms with Crippen molar-refractivity contribution in [2.75, 3.05) is 0 Å². The maximum Gasteiger partial charge on any atom is 0.181 e. The van der Waals surface area contributed by atoms with Gasteiger partial charge >= 0.3 is 0 Å². The number of hydrogen-bond acceptors (Lipinski definition) is 4. The van der Waals surface area contributed by atoms with E-state index in [2.05, 4.69) is 81.8 Å². The zero-order valence-electron chi connectivity index (χ0n) is 17.1. The van der Waals surface area contributed by atoms with E-state index in [9.17, 15) is 0 Å². The monoisotopic (exact) mass is 414 g/mol. The molecule has 5 nitrogen and oxygen atoms in total. The van der Waals surface area contributed by atoms with Gasteiger partial charge in [-0.2, -0.15) is 5.10 Å². The number of nitrogens with zero attached hydrogens (tertiary/aromatic N) is 4. The van der Waals surface area contributed by atoms with E-state index in [1.54, 1.807) is 6.33 Å². The van der Waals surface area contributed by atoms with E-state index in [1.807, 2.05) is 35.0 Å². The van der Waals surface area contributed by atoms with Crippen molar-refractivity contribution < 1.29 is 4.42 Å². The average Bonchev–Trinajstić information content (AvgIpc) is 3.54. The summed E-state index contributed by atoms with van der Waals surface area (Å²) in [6.07, 6.45) is 3.05. The molecule has 0 saturated heterocycles. The molecule has 0 aliphatic carbocycles. The lowest BCUT2D eigenvalue weighted by atomic mass is 9.96. The van der Waals surface area contributed by atoms with Crippen LogP contribution in [0.5, 0.6) is 0 Å². The third-order valence-corrected chi connectivity index (χ3v) is 5.55. The first-order valence-electron chi connectivity index (χ1n) is 10.4. The third kappa shape index (κ3) is 3.08. The number of para-hydroxylation sites is 1. The highest BCUT2D eigenvalue weighted by atomic mass is 16.3. The molecule has 2 heterocycles. The molecule has 6 rings (SSSR count). The second-order valence-electron chi connectivity index (χ2n) is 7.46. The first-order chi connectivity index (χ1) is 15.9. The molecule has 0 bridgehead atoms. The second kappa shape index (κ2) is 7.63. The minimum absolute atomic E-state index is 0.745. The fourth-order valence-electron chi connectivity index (χ4n) is 4.07. The quantitative estimate of drug-likeness (QED) is 0.334. The van der Waals surface area contributed by atoms with Crippen molar-refractivity contribution in [3.8, 4) is 39.3 Å². The van der Waals surface area contributed by atoms with Crippen LogP contribution in [0.3, 0.4) is 0 Å². The molecular formula is C27H18N4O. The van der Waals surface area contributed by atoms with Crippen LogP contribution in [0.25, 0.3) is 50.4 Å². The summed E-state index contributed by atoms with van der Waals surface area (Å²) in [5, 5.41) is 4.66. The van der Waals surface area contributed by atoms with Gasteiger partial charge in [0.2, 0.25) is 0 Å². The predicted octanol–water partition coefficient (Wildman–Crippen LogP) is 6.41. The minimum Gasteiger partial charge on any atom is -0.443 e. The Morgan fingerprint density at radius 1 is 0.625 bits per heavy atom. The predicted molar refractivity (Wildman–Crippen MR) is 125 cm³/mol. The van der Waals surface area contributed by atoms with Crippen LogP contribution in [0.15, 0.2) is 114 Å². The number of benzene rings is 4. The van der Waals surface area contributed by atoms with Crippen LogP contribution >= 0.6 is 0 Å². The van der Waals surface area contributed by atoms with Gasteiger partial charge in [0, 0.05) is 16.7 Å². The highest BCUT2D eigenvalue weighted by Gasteiger charge is 2.19. The highest BCUT2D eigenvalue weighted by molar-refractivity contribution is 5.87. The highest BCUT2D eigenvalue weighted by Crippen LogP contribution is 2.37. The SMILES string of the molecule is c1ccc(-c2cccc(-c3ccccc3)c2-n2ncnc2-c2ccc3ocnc3c2)cc1. The van der Waals surface area contributed by atoms with E-state index in [1.165, 1.54) is 6.39 Å². The van der Waals surface area contributed by atoms with Gasteiger partial charge in [-0.25, -0.2) is 14.6 Å². The van der Waals surface area contributed by atoms with Gasteiger partial charge in [0.1, 0.15) is 11.8 Å². The number of aromatic nitrogens is 4. The van der Waals surface area contributed by atoms with Gasteiger partial charge < -0.3 is 4.42 Å². The maximum absolute atomic E-state index is 5.41. The summed E-state index contributed by atoms with van der Waals surface area (Å²) in [6, 6.07) is 32.9. The van der Waals surface area contributed by atoms with Crippen LogP contribution in [0.2, 0.25) is 0 Å². The smallest absolute Gasteiger partial charge is 0.181 e. The number of rotatable bonds is 4. The fourth-order valence-corrected chi connectivity index (χ4v) is 4.07. The Balaban J connectivity index is 1.63. The molecule has 0 N–H and O–H groups in total. The lowest BCUT2D eigenvalue weighted by Gasteiger charge is -2.17. The third-order valence-electron chi connectivity index (χ3n) is 5.55. The molecular weight excluding hydrogens is 396 g/mol. The van der Waals surface area contributed by atoms with Crippen LogP contribution in [0, 0.1) is 0 Å². The average molecular weight is 414 g/mol. The van der Waals surface area contributed by atoms with Gasteiger partial charge in [-0.05, 0) is 29.3 Å². The van der Waals surface area contributed by atoms with Gasteiger partial charge in [-0.15, -0.1) is 0 Å². The Hall–Kier alpha value is -4.51. The summed E-state index contributed by atoms with van der Waals surface area (Å²) in [5.74, 6) is 0.746. The molecule has 4 aromatic carbocycles. The topological polar surface area (TPSA) is 56.7 Å². The van der Waals surface area contributed by atoms with E-state index < -0.39 is 0 Å². The first kappa shape index (κ1) is 18.3. The molecule has 6 aromatic rings. The van der Waals surface area contributed by atoms with Gasteiger partial charge in [0.25, 0.3) is 0 Å². The number of fused-ring (bicyclic) bond motifs is 1. The Labute approximate surface area is 184 Å². The Morgan fingerprint density at radius 2 is 1.31 bits per heavy atom. The van der Waals surface area contributed by atoms with Crippen LogP contribution in [0.4, 0.5) is 0 Å². The lowest BCUT2D eigenvalue weighted by molar-refractivity contribution is 0.602. The molecule has 0 fully saturated rings. The molecule has 0 aliphatic heterocycles. The van der Waals surface area contributed by atoms with Crippen molar-refractivity contribution >= 4 is 11.1 Å². The standard InChI is InChI=1S/C27H18N4O/c1-3-8-19(9-4-1)22-12-7-13-23(20-10-5-2-6-11-20)26(22)31-27(28-17-30-31)21-14-15-25-24(16-21)29-18-32-25/h1-18H. The summed E-state index contributed by atoms with van der Waals surface area (Å²) < 4.78 is 7.33. The van der Waals surface area contributed by atoms with E-state index >= 15 is 0 Å². The molecule has 0 spiro atoms. The molecule has 0 aliphatic rings. The van der Waals surface area contributed by atoms with E-state index in [0.29, 0.717) is 0 Å². The number of hydrogen-bond donors (Lipinski definition) is 0. The lowest BCUT2D eigenvalue weighted by Crippen LogP contribution is -2.04. The van der Waals surface area contributed by atoms with E-state index in [-0.39, 0.29) is 0 Å². The van der Waals surface area contributed by atoms with Crippen molar-refractivity contribution in [1.82, 2.24) is 19.7 Å². The maximum atomic E-state index is 5.41. The molecule has 152 valence electrons. The fraction of sp³-hybridized carbons (Fsp3) is 0. The zero-order valence-corrected chi connectivity index (χ0v) is 17.1. The zero-order chi connectivity index (χ0) is 21.3. The Kier molecular flexibility index (Phi) is 4.36. The molecule has 0 amide bonds. The molecule has 2 aromatic heterocycles. The Morgan fingerprint density at radius 3 is 2.00 bits per heavy atom. The normalized spacial score (nSPS) is 11.1. The van der Waals surface area contributed by atoms with Crippen molar-refractivity contribution in [3.63, 3.8) is 0 Å². The molecule has 5 heteroatoms. The summed E-state index contributed by atoms with van der Waals surface area (Å²) in [5.41, 5.74) is 7.85. The molecule has 32 heavy (non-hydrogen) atoms. The molecule has 0 saturated carbocycles. The number of oxazole rings is 1. The molecule has 0 atom stereocenters. The second-order valence-corrected chi connectivity index (χ2v) is 7.46. The summed E-state index contributed by atoms with van der Waals surface area (Å²) >= 11 is 0. The summed E-state index contributed by atoms with van der Waals surface area (Å²) in [4.78, 5) is 8.91. The van der Waals surface area contributed by atoms with Crippen molar-refractivity contribution in [2.45, 2.75) is 0 Å². The molecule has 0 radical (unpaired) electrons. The minimum atomic E-state index is 0.745. The summed E-state index contributed by atoms with van der Waals surface area (Å²) in [7, 11) is 0. The van der Waals surface area contributed by atoms with E-state index in [4.69, 9.17) is 4.42 Å². The van der Waals surface area contributed by atoms with Gasteiger partial charge in [0.05, 0.1) is 5.69 Å². The van der Waals surface area contributed by atoms with Gasteiger partial charge in [0.15, 0.2) is 17.8 Å². The molecule has 0 unspecified atom stereocenters. The Bertz CT molecular complexity index is 1460. The van der Waals surface area contributed by atoms with Crippen LogP contribution in [-0.4, -0.2) is 19.7 Å². The van der Waals surface area contributed by atoms with E-state index in [0.717, 1.165) is 50.4 Å². The summed E-state index contributed by atoms with van der Waals surface area (Å²) in [6.45, 7) is 0. The largest absolute Gasteiger partial charge is 0.443 e.